The zero-order valence-corrected chi connectivity index (χ0v) is 20.5. The maximum absolute atomic E-state index is 14.2. The number of anilines is 1. The molecule has 2 aromatic rings. The van der Waals surface area contributed by atoms with Crippen molar-refractivity contribution < 1.29 is 27.9 Å². The summed E-state index contributed by atoms with van der Waals surface area (Å²) >= 11 is 0. The number of benzene rings is 2. The second-order valence-electron chi connectivity index (χ2n) is 11.0. The molecule has 5 rings (SSSR count). The smallest absolute Gasteiger partial charge is 0.418 e. The molecule has 8 heteroatoms. The molecule has 2 unspecified atom stereocenters. The number of carbonyl (C=O) groups excluding carboxylic acids is 1. The highest BCUT2D eigenvalue weighted by molar-refractivity contribution is 6.01. The standard InChI is InChI=1S/C28H33F3N2O3/c1-16-5-9-20(10-6-16)32-24-12-8-17-13-18(7-11-23(17)25(24)28(29,30)31)26(34)33-21-3-2-4-22(33)15-19(14-21)27(35)36/h7-8,11-13,16,19-22,32H,2-6,9-10,14-15H2,1H3,(H,35,36)/t16-,19?,20+,21?,22?. The third-order valence-electron chi connectivity index (χ3n) is 8.48. The molecule has 1 saturated carbocycles. The molecule has 0 spiro atoms. The molecule has 2 aromatic carbocycles. The van der Waals surface area contributed by atoms with Crippen molar-refractivity contribution in [2.45, 2.75) is 89.0 Å². The van der Waals surface area contributed by atoms with Gasteiger partial charge in [0.25, 0.3) is 5.91 Å². The lowest BCUT2D eigenvalue weighted by Crippen LogP contribution is -2.55. The molecule has 1 amide bonds. The average Bonchev–Trinajstić information content (AvgIpc) is 2.83. The molecule has 2 aliphatic heterocycles. The number of fused-ring (bicyclic) bond motifs is 3. The van der Waals surface area contributed by atoms with Gasteiger partial charge in [-0.2, -0.15) is 13.2 Å². The van der Waals surface area contributed by atoms with E-state index in [0.29, 0.717) is 29.7 Å². The fraction of sp³-hybridized carbons (Fsp3) is 0.571. The number of carboxylic acid groups (broad SMARTS) is 1. The fourth-order valence-electron chi connectivity index (χ4n) is 6.58. The third-order valence-corrected chi connectivity index (χ3v) is 8.48. The van der Waals surface area contributed by atoms with Gasteiger partial charge in [0.15, 0.2) is 0 Å². The summed E-state index contributed by atoms with van der Waals surface area (Å²) in [4.78, 5) is 26.9. The maximum atomic E-state index is 14.2. The van der Waals surface area contributed by atoms with E-state index in [1.54, 1.807) is 17.0 Å². The first-order chi connectivity index (χ1) is 17.1. The van der Waals surface area contributed by atoms with Crippen molar-refractivity contribution in [2.24, 2.45) is 11.8 Å². The molecule has 3 aliphatic rings. The summed E-state index contributed by atoms with van der Waals surface area (Å²) in [5.41, 5.74) is -0.237. The Hall–Kier alpha value is -2.77. The molecule has 2 heterocycles. The summed E-state index contributed by atoms with van der Waals surface area (Å²) in [6, 6.07) is 7.35. The highest BCUT2D eigenvalue weighted by Crippen LogP contribution is 2.42. The first-order valence-electron chi connectivity index (χ1n) is 13.1. The highest BCUT2D eigenvalue weighted by atomic mass is 19.4. The van der Waals surface area contributed by atoms with E-state index in [-0.39, 0.29) is 35.1 Å². The van der Waals surface area contributed by atoms with Crippen LogP contribution >= 0.6 is 0 Å². The van der Waals surface area contributed by atoms with Crippen molar-refractivity contribution in [3.63, 3.8) is 0 Å². The number of alkyl halides is 3. The molecule has 2 N–H and O–H groups in total. The molecule has 2 saturated heterocycles. The van der Waals surface area contributed by atoms with Gasteiger partial charge in [-0.15, -0.1) is 0 Å². The Labute approximate surface area is 209 Å². The van der Waals surface area contributed by atoms with E-state index in [4.69, 9.17) is 0 Å². The third kappa shape index (κ3) is 4.78. The topological polar surface area (TPSA) is 69.6 Å². The molecule has 1 aliphatic carbocycles. The maximum Gasteiger partial charge on any atom is 0.418 e. The van der Waals surface area contributed by atoms with Gasteiger partial charge in [-0.05, 0) is 92.7 Å². The molecular weight excluding hydrogens is 469 g/mol. The van der Waals surface area contributed by atoms with Crippen LogP contribution in [-0.4, -0.2) is 40.0 Å². The number of hydrogen-bond donors (Lipinski definition) is 2. The Morgan fingerprint density at radius 2 is 1.64 bits per heavy atom. The van der Waals surface area contributed by atoms with Gasteiger partial charge in [-0.3, -0.25) is 9.59 Å². The largest absolute Gasteiger partial charge is 0.481 e. The number of carboxylic acids is 1. The minimum absolute atomic E-state index is 0.0220. The Balaban J connectivity index is 1.44. The van der Waals surface area contributed by atoms with Crippen LogP contribution in [0, 0.1) is 11.8 Å². The van der Waals surface area contributed by atoms with Crippen molar-refractivity contribution in [1.29, 1.82) is 0 Å². The number of amides is 1. The van der Waals surface area contributed by atoms with Gasteiger partial charge in [-0.25, -0.2) is 0 Å². The summed E-state index contributed by atoms with van der Waals surface area (Å²) in [7, 11) is 0. The van der Waals surface area contributed by atoms with E-state index in [1.165, 1.54) is 18.2 Å². The highest BCUT2D eigenvalue weighted by Gasteiger charge is 2.43. The minimum atomic E-state index is -4.54. The first-order valence-corrected chi connectivity index (χ1v) is 13.1. The number of carbonyl (C=O) groups is 2. The van der Waals surface area contributed by atoms with Gasteiger partial charge in [-0.1, -0.05) is 19.1 Å². The average molecular weight is 503 g/mol. The minimum Gasteiger partial charge on any atom is -0.481 e. The van der Waals surface area contributed by atoms with Crippen LogP contribution in [0.5, 0.6) is 0 Å². The van der Waals surface area contributed by atoms with E-state index < -0.39 is 23.6 Å². The summed E-state index contributed by atoms with van der Waals surface area (Å²) in [6.07, 6.45) is 2.50. The lowest BCUT2D eigenvalue weighted by molar-refractivity contribution is -0.145. The second kappa shape index (κ2) is 9.60. The number of nitrogens with zero attached hydrogens (tertiary/aromatic N) is 1. The van der Waals surface area contributed by atoms with Gasteiger partial charge in [0, 0.05) is 29.4 Å². The molecular formula is C28H33F3N2O3. The van der Waals surface area contributed by atoms with Crippen LogP contribution in [0.4, 0.5) is 18.9 Å². The van der Waals surface area contributed by atoms with Crippen LogP contribution in [0.2, 0.25) is 0 Å². The summed E-state index contributed by atoms with van der Waals surface area (Å²) in [6.45, 7) is 2.17. The van der Waals surface area contributed by atoms with Gasteiger partial charge in [0.05, 0.1) is 11.5 Å². The lowest BCUT2D eigenvalue weighted by Gasteiger charge is -2.48. The second-order valence-corrected chi connectivity index (χ2v) is 11.0. The molecule has 0 aromatic heterocycles. The van der Waals surface area contributed by atoms with Crippen LogP contribution in [-0.2, 0) is 11.0 Å². The van der Waals surface area contributed by atoms with Crippen LogP contribution in [0.1, 0.15) is 80.6 Å². The first kappa shape index (κ1) is 24.9. The molecule has 2 bridgehead atoms. The fourth-order valence-corrected chi connectivity index (χ4v) is 6.58. The van der Waals surface area contributed by atoms with Crippen molar-refractivity contribution in [1.82, 2.24) is 4.90 Å². The lowest BCUT2D eigenvalue weighted by atomic mass is 9.78. The molecule has 3 fully saturated rings. The molecule has 5 nitrogen and oxygen atoms in total. The Morgan fingerprint density at radius 1 is 0.972 bits per heavy atom. The van der Waals surface area contributed by atoms with Gasteiger partial charge < -0.3 is 15.3 Å². The predicted octanol–water partition coefficient (Wildman–Crippen LogP) is 6.71. The number of rotatable bonds is 4. The summed E-state index contributed by atoms with van der Waals surface area (Å²) in [5, 5.41) is 13.1. The Morgan fingerprint density at radius 3 is 2.25 bits per heavy atom. The Bertz CT molecular complexity index is 1140. The molecule has 0 radical (unpaired) electrons. The van der Waals surface area contributed by atoms with E-state index in [9.17, 15) is 27.9 Å². The number of hydrogen-bond acceptors (Lipinski definition) is 3. The zero-order chi connectivity index (χ0) is 25.6. The van der Waals surface area contributed by atoms with Crippen LogP contribution in [0.3, 0.4) is 0 Å². The van der Waals surface area contributed by atoms with Crippen molar-refractivity contribution in [2.75, 3.05) is 5.32 Å². The number of nitrogens with one attached hydrogen (secondary N) is 1. The van der Waals surface area contributed by atoms with Gasteiger partial charge in [0.1, 0.15) is 0 Å². The monoisotopic (exact) mass is 502 g/mol. The van der Waals surface area contributed by atoms with Crippen molar-refractivity contribution in [3.8, 4) is 0 Å². The summed E-state index contributed by atoms with van der Waals surface area (Å²) in [5.74, 6) is -0.889. The number of piperidine rings is 2. The predicted molar refractivity (Wildman–Crippen MR) is 132 cm³/mol. The molecule has 36 heavy (non-hydrogen) atoms. The van der Waals surface area contributed by atoms with E-state index in [0.717, 1.165) is 44.9 Å². The number of aliphatic carboxylic acids is 1. The molecule has 194 valence electrons. The SMILES string of the molecule is C[C@H]1CC[C@@H](Nc2ccc3cc(C(=O)N4C5CCCC4CC(C(=O)O)C5)ccc3c2C(F)(F)F)CC1. The van der Waals surface area contributed by atoms with Crippen LogP contribution in [0.25, 0.3) is 10.8 Å². The normalized spacial score (nSPS) is 28.7. The zero-order valence-electron chi connectivity index (χ0n) is 20.5. The van der Waals surface area contributed by atoms with E-state index >= 15 is 0 Å². The molecule has 2 atom stereocenters. The van der Waals surface area contributed by atoms with Gasteiger partial charge >= 0.3 is 12.1 Å². The van der Waals surface area contributed by atoms with Crippen LogP contribution in [0.15, 0.2) is 30.3 Å². The quantitative estimate of drug-likeness (QED) is 0.488. The van der Waals surface area contributed by atoms with Crippen molar-refractivity contribution >= 4 is 28.3 Å². The van der Waals surface area contributed by atoms with E-state index in [1.807, 2.05) is 0 Å². The van der Waals surface area contributed by atoms with Crippen molar-refractivity contribution in [3.05, 3.63) is 41.5 Å². The Kier molecular flexibility index (Phi) is 6.64. The van der Waals surface area contributed by atoms with Gasteiger partial charge in [0.2, 0.25) is 0 Å². The van der Waals surface area contributed by atoms with Crippen LogP contribution < -0.4 is 5.32 Å². The van der Waals surface area contributed by atoms with E-state index in [2.05, 4.69) is 12.2 Å². The number of halogens is 3. The summed E-state index contributed by atoms with van der Waals surface area (Å²) < 4.78 is 42.7.